The molecule has 136 valence electrons. The van der Waals surface area contributed by atoms with Crippen LogP contribution in [0, 0.1) is 0 Å². The Kier molecular flexibility index (Phi) is 4.78. The van der Waals surface area contributed by atoms with Gasteiger partial charge in [0.25, 0.3) is 5.91 Å². The number of amides is 2. The van der Waals surface area contributed by atoms with Crippen LogP contribution in [0.15, 0.2) is 47.1 Å². The van der Waals surface area contributed by atoms with Crippen LogP contribution in [0.1, 0.15) is 47.4 Å². The van der Waals surface area contributed by atoms with Gasteiger partial charge < -0.3 is 14.2 Å². The number of likely N-dealkylation sites (tertiary alicyclic amines) is 1. The Morgan fingerprint density at radius 3 is 2.35 bits per heavy atom. The van der Waals surface area contributed by atoms with E-state index in [2.05, 4.69) is 6.07 Å². The lowest BCUT2D eigenvalue weighted by Crippen LogP contribution is -2.53. The second-order valence-electron chi connectivity index (χ2n) is 7.14. The van der Waals surface area contributed by atoms with Crippen LogP contribution < -0.4 is 0 Å². The summed E-state index contributed by atoms with van der Waals surface area (Å²) in [5.41, 5.74) is 2.26. The average Bonchev–Trinajstić information content (AvgIpc) is 3.08. The quantitative estimate of drug-likeness (QED) is 0.834. The Hall–Kier alpha value is -2.56. The standard InChI is InChI=1S/C21H24N2O3/c24-20(22-11-5-1-2-6-12-22)18-14-16-8-3-4-9-17(16)15-23(18)21(25)19-10-7-13-26-19/h3-4,7-10,13,18H,1-2,5-6,11-12,14-15H2. The molecule has 1 fully saturated rings. The summed E-state index contributed by atoms with van der Waals surface area (Å²) in [4.78, 5) is 29.9. The molecule has 2 aliphatic heterocycles. The van der Waals surface area contributed by atoms with Crippen molar-refractivity contribution in [3.8, 4) is 0 Å². The van der Waals surface area contributed by atoms with Gasteiger partial charge in [0.2, 0.25) is 5.91 Å². The largest absolute Gasteiger partial charge is 0.459 e. The predicted molar refractivity (Wildman–Crippen MR) is 97.6 cm³/mol. The Morgan fingerprint density at radius 1 is 0.923 bits per heavy atom. The van der Waals surface area contributed by atoms with Gasteiger partial charge >= 0.3 is 0 Å². The number of rotatable bonds is 2. The molecule has 1 aromatic heterocycles. The number of furan rings is 1. The topological polar surface area (TPSA) is 53.8 Å². The van der Waals surface area contributed by atoms with E-state index in [1.807, 2.05) is 23.1 Å². The van der Waals surface area contributed by atoms with Crippen molar-refractivity contribution in [2.45, 2.75) is 44.7 Å². The van der Waals surface area contributed by atoms with Gasteiger partial charge in [0.05, 0.1) is 6.26 Å². The zero-order valence-corrected chi connectivity index (χ0v) is 14.9. The minimum Gasteiger partial charge on any atom is -0.459 e. The summed E-state index contributed by atoms with van der Waals surface area (Å²) in [5.74, 6) is 0.150. The van der Waals surface area contributed by atoms with Crippen LogP contribution in [0.3, 0.4) is 0 Å². The summed E-state index contributed by atoms with van der Waals surface area (Å²) in [6, 6.07) is 11.0. The van der Waals surface area contributed by atoms with Crippen molar-refractivity contribution in [3.63, 3.8) is 0 Å². The third-order valence-corrected chi connectivity index (χ3v) is 5.44. The van der Waals surface area contributed by atoms with Crippen molar-refractivity contribution < 1.29 is 14.0 Å². The van der Waals surface area contributed by atoms with E-state index in [9.17, 15) is 9.59 Å². The maximum atomic E-state index is 13.3. The number of benzene rings is 1. The highest BCUT2D eigenvalue weighted by Gasteiger charge is 2.38. The van der Waals surface area contributed by atoms with Crippen LogP contribution in [0.4, 0.5) is 0 Å². The highest BCUT2D eigenvalue weighted by atomic mass is 16.3. The summed E-state index contributed by atoms with van der Waals surface area (Å²) in [7, 11) is 0. The van der Waals surface area contributed by atoms with E-state index in [1.165, 1.54) is 19.1 Å². The number of hydrogen-bond acceptors (Lipinski definition) is 3. The molecule has 2 amide bonds. The number of hydrogen-bond donors (Lipinski definition) is 0. The van der Waals surface area contributed by atoms with E-state index >= 15 is 0 Å². The molecule has 0 radical (unpaired) electrons. The molecule has 5 heteroatoms. The minimum atomic E-state index is -0.458. The second-order valence-corrected chi connectivity index (χ2v) is 7.14. The van der Waals surface area contributed by atoms with Crippen molar-refractivity contribution in [2.24, 2.45) is 0 Å². The molecule has 26 heavy (non-hydrogen) atoms. The zero-order chi connectivity index (χ0) is 17.9. The molecule has 2 aliphatic rings. The van der Waals surface area contributed by atoms with Crippen LogP contribution in [-0.4, -0.2) is 40.7 Å². The summed E-state index contributed by atoms with van der Waals surface area (Å²) in [6.07, 6.45) is 6.50. The van der Waals surface area contributed by atoms with Gasteiger partial charge in [-0.25, -0.2) is 0 Å². The third kappa shape index (κ3) is 3.26. The fourth-order valence-corrected chi connectivity index (χ4v) is 4.00. The molecule has 2 aromatic rings. The van der Waals surface area contributed by atoms with Crippen LogP contribution in [-0.2, 0) is 17.8 Å². The minimum absolute atomic E-state index is 0.0707. The maximum Gasteiger partial charge on any atom is 0.290 e. The average molecular weight is 352 g/mol. The van der Waals surface area contributed by atoms with Crippen molar-refractivity contribution >= 4 is 11.8 Å². The van der Waals surface area contributed by atoms with Crippen molar-refractivity contribution in [2.75, 3.05) is 13.1 Å². The van der Waals surface area contributed by atoms with Crippen LogP contribution in [0.25, 0.3) is 0 Å². The Labute approximate surface area is 153 Å². The lowest BCUT2D eigenvalue weighted by atomic mass is 9.92. The number of carbonyl (C=O) groups is 2. The number of carbonyl (C=O) groups excluding carboxylic acids is 2. The number of fused-ring (bicyclic) bond motifs is 1. The second kappa shape index (κ2) is 7.36. The molecule has 1 aromatic carbocycles. The monoisotopic (exact) mass is 352 g/mol. The fourth-order valence-electron chi connectivity index (χ4n) is 4.00. The van der Waals surface area contributed by atoms with Gasteiger partial charge in [0.15, 0.2) is 5.76 Å². The van der Waals surface area contributed by atoms with Crippen molar-refractivity contribution in [3.05, 3.63) is 59.5 Å². The molecule has 0 aliphatic carbocycles. The maximum absolute atomic E-state index is 13.3. The molecule has 5 nitrogen and oxygen atoms in total. The Balaban J connectivity index is 1.64. The van der Waals surface area contributed by atoms with Gasteiger partial charge in [-0.15, -0.1) is 0 Å². The first-order valence-electron chi connectivity index (χ1n) is 9.44. The molecule has 0 bridgehead atoms. The van der Waals surface area contributed by atoms with Gasteiger partial charge in [-0.05, 0) is 36.1 Å². The van der Waals surface area contributed by atoms with Gasteiger partial charge in [-0.3, -0.25) is 9.59 Å². The highest BCUT2D eigenvalue weighted by molar-refractivity contribution is 5.96. The zero-order valence-electron chi connectivity index (χ0n) is 14.9. The van der Waals surface area contributed by atoms with Gasteiger partial charge in [-0.1, -0.05) is 37.1 Å². The SMILES string of the molecule is O=C(C1Cc2ccccc2CN1C(=O)c1ccco1)N1CCCCCC1. The molecule has 0 saturated carbocycles. The normalized spacial score (nSPS) is 20.4. The van der Waals surface area contributed by atoms with E-state index < -0.39 is 6.04 Å². The van der Waals surface area contributed by atoms with Crippen LogP contribution in [0.2, 0.25) is 0 Å². The van der Waals surface area contributed by atoms with E-state index in [-0.39, 0.29) is 17.6 Å². The first-order chi connectivity index (χ1) is 12.7. The summed E-state index contributed by atoms with van der Waals surface area (Å²) in [6.45, 7) is 2.03. The van der Waals surface area contributed by atoms with Crippen molar-refractivity contribution in [1.82, 2.24) is 9.80 Å². The molecule has 3 heterocycles. The first-order valence-corrected chi connectivity index (χ1v) is 9.44. The molecule has 1 unspecified atom stereocenters. The van der Waals surface area contributed by atoms with E-state index in [1.54, 1.807) is 17.0 Å². The smallest absolute Gasteiger partial charge is 0.290 e. The lowest BCUT2D eigenvalue weighted by Gasteiger charge is -2.38. The lowest BCUT2D eigenvalue weighted by molar-refractivity contribution is -0.136. The predicted octanol–water partition coefficient (Wildman–Crippen LogP) is 3.25. The van der Waals surface area contributed by atoms with E-state index in [4.69, 9.17) is 4.42 Å². The van der Waals surface area contributed by atoms with E-state index in [0.717, 1.165) is 37.1 Å². The van der Waals surface area contributed by atoms with Gasteiger partial charge in [0.1, 0.15) is 6.04 Å². The Bertz CT molecular complexity index is 776. The molecule has 1 saturated heterocycles. The third-order valence-electron chi connectivity index (χ3n) is 5.44. The summed E-state index contributed by atoms with van der Waals surface area (Å²) in [5, 5.41) is 0. The highest BCUT2D eigenvalue weighted by Crippen LogP contribution is 2.27. The molecule has 0 spiro atoms. The number of nitrogens with zero attached hydrogens (tertiary/aromatic N) is 2. The fraction of sp³-hybridized carbons (Fsp3) is 0.429. The summed E-state index contributed by atoms with van der Waals surface area (Å²) < 4.78 is 5.31. The van der Waals surface area contributed by atoms with E-state index in [0.29, 0.717) is 13.0 Å². The van der Waals surface area contributed by atoms with Gasteiger partial charge in [-0.2, -0.15) is 0 Å². The molecule has 4 rings (SSSR count). The van der Waals surface area contributed by atoms with Crippen LogP contribution >= 0.6 is 0 Å². The molecular formula is C21H24N2O3. The first kappa shape index (κ1) is 16.9. The van der Waals surface area contributed by atoms with Crippen molar-refractivity contribution in [1.29, 1.82) is 0 Å². The molecule has 0 N–H and O–H groups in total. The Morgan fingerprint density at radius 2 is 1.65 bits per heavy atom. The molecule has 1 atom stereocenters. The molecular weight excluding hydrogens is 328 g/mol. The van der Waals surface area contributed by atoms with Crippen LogP contribution in [0.5, 0.6) is 0 Å². The van der Waals surface area contributed by atoms with Gasteiger partial charge in [0, 0.05) is 26.1 Å². The summed E-state index contributed by atoms with van der Waals surface area (Å²) >= 11 is 0.